The zero-order valence-electron chi connectivity index (χ0n) is 15.2. The fourth-order valence-corrected chi connectivity index (χ4v) is 3.14. The predicted molar refractivity (Wildman–Crippen MR) is 107 cm³/mol. The van der Waals surface area contributed by atoms with Crippen molar-refractivity contribution in [2.75, 3.05) is 6.54 Å². The van der Waals surface area contributed by atoms with Gasteiger partial charge in [0.05, 0.1) is 6.54 Å². The van der Waals surface area contributed by atoms with Crippen LogP contribution in [-0.4, -0.2) is 23.3 Å². The summed E-state index contributed by atoms with van der Waals surface area (Å²) in [4.78, 5) is 12.7. The average Bonchev–Trinajstić information content (AvgIpc) is 3.12. The molecule has 0 aliphatic carbocycles. The molecule has 1 aliphatic heterocycles. The number of unbranched alkanes of at least 4 members (excludes halogenated alkanes) is 1. The zero-order chi connectivity index (χ0) is 18.4. The molecule has 0 saturated heterocycles. The second kappa shape index (κ2) is 8.48. The van der Waals surface area contributed by atoms with Gasteiger partial charge in [-0.05, 0) is 24.0 Å². The Bertz CT molecular complexity index is 784. The third-order valence-electron chi connectivity index (χ3n) is 4.61. The lowest BCUT2D eigenvalue weighted by atomic mass is 9.92. The topological polar surface area (TPSA) is 44.7 Å². The van der Waals surface area contributed by atoms with Crippen molar-refractivity contribution in [2.24, 2.45) is 5.10 Å². The number of nitrogens with zero attached hydrogens (tertiary/aromatic N) is 2. The summed E-state index contributed by atoms with van der Waals surface area (Å²) in [6.45, 7) is 6.71. The predicted octanol–water partition coefficient (Wildman–Crippen LogP) is 5.01. The van der Waals surface area contributed by atoms with Crippen molar-refractivity contribution in [1.82, 2.24) is 10.3 Å². The van der Waals surface area contributed by atoms with E-state index in [-0.39, 0.29) is 11.9 Å². The van der Waals surface area contributed by atoms with Gasteiger partial charge in [-0.3, -0.25) is 0 Å². The van der Waals surface area contributed by atoms with Crippen molar-refractivity contribution in [3.8, 4) is 0 Å². The highest BCUT2D eigenvalue weighted by atomic mass is 16.2. The maximum Gasteiger partial charge on any atom is 0.342 e. The van der Waals surface area contributed by atoms with Crippen LogP contribution in [0.3, 0.4) is 0 Å². The Morgan fingerprint density at radius 1 is 1.15 bits per heavy atom. The average molecular weight is 347 g/mol. The van der Waals surface area contributed by atoms with Crippen LogP contribution in [-0.2, 0) is 0 Å². The van der Waals surface area contributed by atoms with E-state index in [2.05, 4.69) is 36.1 Å². The molecule has 0 aromatic heterocycles. The summed E-state index contributed by atoms with van der Waals surface area (Å²) >= 11 is 0. The fourth-order valence-electron chi connectivity index (χ4n) is 3.14. The summed E-state index contributed by atoms with van der Waals surface area (Å²) in [6.07, 6.45) is 3.10. The van der Waals surface area contributed by atoms with Gasteiger partial charge in [0.1, 0.15) is 0 Å². The zero-order valence-corrected chi connectivity index (χ0v) is 15.2. The Kier molecular flexibility index (Phi) is 5.84. The number of carbonyl (C=O) groups excluding carboxylic acids is 1. The largest absolute Gasteiger partial charge is 0.342 e. The summed E-state index contributed by atoms with van der Waals surface area (Å²) in [6, 6.07) is 19.7. The molecule has 0 spiro atoms. The third kappa shape index (κ3) is 4.20. The van der Waals surface area contributed by atoms with Gasteiger partial charge in [-0.25, -0.2) is 9.80 Å². The SMILES string of the molecule is C=C(NC(=O)N1CC(c2ccccc2)C(CCCC)=N1)c1ccccc1. The van der Waals surface area contributed by atoms with E-state index in [9.17, 15) is 4.79 Å². The number of amides is 2. The van der Waals surface area contributed by atoms with Crippen LogP contribution in [0.1, 0.15) is 43.2 Å². The van der Waals surface area contributed by atoms with Crippen molar-refractivity contribution in [1.29, 1.82) is 0 Å². The lowest BCUT2D eigenvalue weighted by Crippen LogP contribution is -2.35. The molecule has 4 nitrogen and oxygen atoms in total. The molecule has 1 atom stereocenters. The van der Waals surface area contributed by atoms with E-state index < -0.39 is 0 Å². The highest BCUT2D eigenvalue weighted by molar-refractivity contribution is 5.95. The monoisotopic (exact) mass is 347 g/mol. The van der Waals surface area contributed by atoms with Crippen LogP contribution < -0.4 is 5.32 Å². The fraction of sp³-hybridized carbons (Fsp3) is 0.273. The molecule has 26 heavy (non-hydrogen) atoms. The van der Waals surface area contributed by atoms with Crippen LogP contribution >= 0.6 is 0 Å². The Morgan fingerprint density at radius 2 is 1.81 bits per heavy atom. The van der Waals surface area contributed by atoms with Gasteiger partial charge in [0.2, 0.25) is 0 Å². The minimum atomic E-state index is -0.230. The molecule has 2 amide bonds. The summed E-state index contributed by atoms with van der Waals surface area (Å²) < 4.78 is 0. The van der Waals surface area contributed by atoms with Gasteiger partial charge in [0.15, 0.2) is 0 Å². The van der Waals surface area contributed by atoms with Crippen LogP contribution in [0, 0.1) is 0 Å². The molecule has 4 heteroatoms. The summed E-state index contributed by atoms with van der Waals surface area (Å²) in [5.74, 6) is 0.165. The third-order valence-corrected chi connectivity index (χ3v) is 4.61. The van der Waals surface area contributed by atoms with E-state index in [4.69, 9.17) is 0 Å². The van der Waals surface area contributed by atoms with E-state index in [1.165, 1.54) is 10.6 Å². The second-order valence-electron chi connectivity index (χ2n) is 6.52. The molecule has 0 bridgehead atoms. The van der Waals surface area contributed by atoms with Gasteiger partial charge in [-0.1, -0.05) is 80.6 Å². The molecule has 2 aromatic rings. The van der Waals surface area contributed by atoms with Gasteiger partial charge in [-0.2, -0.15) is 5.10 Å². The van der Waals surface area contributed by atoms with E-state index in [0.717, 1.165) is 30.5 Å². The van der Waals surface area contributed by atoms with Crippen molar-refractivity contribution in [3.05, 3.63) is 78.4 Å². The standard InChI is InChI=1S/C22H25N3O/c1-3-4-15-21-20(19-13-9-6-10-14-19)16-25(24-21)22(26)23-17(2)18-11-7-5-8-12-18/h5-14,20H,2-4,15-16H2,1H3,(H,23,26). The van der Waals surface area contributed by atoms with Gasteiger partial charge in [-0.15, -0.1) is 0 Å². The van der Waals surface area contributed by atoms with Crippen molar-refractivity contribution >= 4 is 17.4 Å². The van der Waals surface area contributed by atoms with Crippen molar-refractivity contribution < 1.29 is 4.79 Å². The molecule has 0 saturated carbocycles. The van der Waals surface area contributed by atoms with Gasteiger partial charge < -0.3 is 5.32 Å². The first-order valence-corrected chi connectivity index (χ1v) is 9.14. The van der Waals surface area contributed by atoms with Gasteiger partial charge >= 0.3 is 6.03 Å². The number of hydrazone groups is 1. The lowest BCUT2D eigenvalue weighted by molar-refractivity contribution is 0.208. The highest BCUT2D eigenvalue weighted by Crippen LogP contribution is 2.27. The van der Waals surface area contributed by atoms with Crippen LogP contribution in [0.25, 0.3) is 5.70 Å². The second-order valence-corrected chi connectivity index (χ2v) is 6.52. The first-order valence-electron chi connectivity index (χ1n) is 9.14. The Morgan fingerprint density at radius 3 is 2.46 bits per heavy atom. The minimum Gasteiger partial charge on any atom is -0.306 e. The van der Waals surface area contributed by atoms with E-state index in [0.29, 0.717) is 12.2 Å². The number of nitrogens with one attached hydrogen (secondary N) is 1. The molecular formula is C22H25N3O. The number of urea groups is 1. The Balaban J connectivity index is 1.72. The molecule has 0 radical (unpaired) electrons. The number of hydrogen-bond acceptors (Lipinski definition) is 2. The molecule has 1 aliphatic rings. The molecule has 3 rings (SSSR count). The molecule has 0 fully saturated rings. The Hall–Kier alpha value is -2.88. The van der Waals surface area contributed by atoms with Crippen LogP contribution in [0.5, 0.6) is 0 Å². The van der Waals surface area contributed by atoms with E-state index >= 15 is 0 Å². The van der Waals surface area contributed by atoms with Crippen molar-refractivity contribution in [3.63, 3.8) is 0 Å². The van der Waals surface area contributed by atoms with Crippen molar-refractivity contribution in [2.45, 2.75) is 32.1 Å². The molecule has 1 heterocycles. The van der Waals surface area contributed by atoms with Gasteiger partial charge in [0, 0.05) is 17.3 Å². The number of benzene rings is 2. The first kappa shape index (κ1) is 17.9. The molecule has 1 unspecified atom stereocenters. The first-order chi connectivity index (χ1) is 12.7. The quantitative estimate of drug-likeness (QED) is 0.784. The van der Waals surface area contributed by atoms with Gasteiger partial charge in [0.25, 0.3) is 0 Å². The maximum atomic E-state index is 12.7. The highest BCUT2D eigenvalue weighted by Gasteiger charge is 2.31. The molecule has 2 aromatic carbocycles. The lowest BCUT2D eigenvalue weighted by Gasteiger charge is -2.17. The molecular weight excluding hydrogens is 322 g/mol. The summed E-state index contributed by atoms with van der Waals surface area (Å²) in [5, 5.41) is 9.04. The maximum absolute atomic E-state index is 12.7. The number of carbonyl (C=O) groups is 1. The normalized spacial score (nSPS) is 16.3. The summed E-state index contributed by atoms with van der Waals surface area (Å²) in [5.41, 5.74) is 3.77. The summed E-state index contributed by atoms with van der Waals surface area (Å²) in [7, 11) is 0. The smallest absolute Gasteiger partial charge is 0.306 e. The van der Waals surface area contributed by atoms with Crippen LogP contribution in [0.15, 0.2) is 72.3 Å². The number of hydrogen-bond donors (Lipinski definition) is 1. The molecule has 1 N–H and O–H groups in total. The Labute approximate surface area is 155 Å². The van der Waals surface area contributed by atoms with Crippen LogP contribution in [0.4, 0.5) is 4.79 Å². The minimum absolute atomic E-state index is 0.165. The van der Waals surface area contributed by atoms with E-state index in [1.807, 2.05) is 48.5 Å². The molecule has 134 valence electrons. The van der Waals surface area contributed by atoms with E-state index in [1.54, 1.807) is 0 Å². The number of rotatable bonds is 6. The van der Waals surface area contributed by atoms with Crippen LogP contribution in [0.2, 0.25) is 0 Å².